The molecular formula is C18H16N6O. The minimum absolute atomic E-state index is 0.167. The van der Waals surface area contributed by atoms with E-state index in [1.165, 1.54) is 0 Å². The highest BCUT2D eigenvalue weighted by atomic mass is 16.3. The van der Waals surface area contributed by atoms with Gasteiger partial charge in [-0.05, 0) is 37.3 Å². The number of aromatic nitrogens is 4. The van der Waals surface area contributed by atoms with E-state index in [1.54, 1.807) is 24.3 Å². The average molecular weight is 332 g/mol. The van der Waals surface area contributed by atoms with Crippen LogP contribution in [0.1, 0.15) is 18.3 Å². The number of aromatic hydroxyl groups is 1. The molecule has 0 amide bonds. The molecule has 0 aliphatic carbocycles. The molecule has 0 atom stereocenters. The molecular weight excluding hydrogens is 316 g/mol. The van der Waals surface area contributed by atoms with E-state index in [1.807, 2.05) is 24.3 Å². The summed E-state index contributed by atoms with van der Waals surface area (Å²) in [6.45, 7) is 2.82. The van der Waals surface area contributed by atoms with Gasteiger partial charge in [0.15, 0.2) is 5.65 Å². The Morgan fingerprint density at radius 2 is 1.88 bits per heavy atom. The second-order valence-corrected chi connectivity index (χ2v) is 5.59. The van der Waals surface area contributed by atoms with Gasteiger partial charge in [-0.15, -0.1) is 10.2 Å². The monoisotopic (exact) mass is 332 g/mol. The lowest BCUT2D eigenvalue weighted by molar-refractivity contribution is 0.475. The van der Waals surface area contributed by atoms with Crippen LogP contribution in [0.2, 0.25) is 0 Å². The van der Waals surface area contributed by atoms with Gasteiger partial charge in [-0.2, -0.15) is 5.10 Å². The fourth-order valence-electron chi connectivity index (χ4n) is 3.00. The van der Waals surface area contributed by atoms with Gasteiger partial charge in [0, 0.05) is 17.5 Å². The molecule has 25 heavy (non-hydrogen) atoms. The minimum Gasteiger partial charge on any atom is -0.508 e. The standard InChI is InChI=1S/C18H16N6O/c1-2-24-14-6-4-3-5-13(14)16-18(24)20-17(23-22-16)15(21-19)11-7-9-12(25)10-8-11/h3-10,25H,2,19H2,1H3/b21-15+. The van der Waals surface area contributed by atoms with Crippen molar-refractivity contribution < 1.29 is 5.11 Å². The number of phenolic OH excluding ortho intramolecular Hbond substituents is 1. The number of benzene rings is 2. The van der Waals surface area contributed by atoms with Crippen molar-refractivity contribution in [1.82, 2.24) is 19.7 Å². The van der Waals surface area contributed by atoms with E-state index in [-0.39, 0.29) is 5.75 Å². The maximum absolute atomic E-state index is 9.45. The number of nitrogens with zero attached hydrogens (tertiary/aromatic N) is 5. The largest absolute Gasteiger partial charge is 0.508 e. The van der Waals surface area contributed by atoms with Gasteiger partial charge in [-0.3, -0.25) is 0 Å². The van der Waals surface area contributed by atoms with Gasteiger partial charge in [0.2, 0.25) is 5.82 Å². The first kappa shape index (κ1) is 15.1. The maximum Gasteiger partial charge on any atom is 0.204 e. The van der Waals surface area contributed by atoms with Gasteiger partial charge in [0.05, 0.1) is 5.52 Å². The third-order valence-electron chi connectivity index (χ3n) is 4.17. The summed E-state index contributed by atoms with van der Waals surface area (Å²) in [5, 5.41) is 22.9. The lowest BCUT2D eigenvalue weighted by atomic mass is 10.1. The smallest absolute Gasteiger partial charge is 0.204 e. The molecule has 0 spiro atoms. The van der Waals surface area contributed by atoms with E-state index < -0.39 is 0 Å². The summed E-state index contributed by atoms with van der Waals surface area (Å²) in [5.41, 5.74) is 3.69. The average Bonchev–Trinajstić information content (AvgIpc) is 2.97. The third kappa shape index (κ3) is 2.37. The van der Waals surface area contributed by atoms with Crippen molar-refractivity contribution in [1.29, 1.82) is 0 Å². The number of para-hydroxylation sites is 1. The SMILES string of the molecule is CCn1c2ccccc2c2nnc(/C(=N/N)c3ccc(O)cc3)nc21. The zero-order chi connectivity index (χ0) is 17.4. The minimum atomic E-state index is 0.167. The van der Waals surface area contributed by atoms with Crippen LogP contribution in [0.3, 0.4) is 0 Å². The Morgan fingerprint density at radius 1 is 1.12 bits per heavy atom. The second kappa shape index (κ2) is 5.86. The number of aryl methyl sites for hydroxylation is 1. The molecule has 4 aromatic rings. The molecule has 0 radical (unpaired) electrons. The van der Waals surface area contributed by atoms with E-state index in [2.05, 4.69) is 31.8 Å². The lowest BCUT2D eigenvalue weighted by Crippen LogP contribution is -2.13. The van der Waals surface area contributed by atoms with Crippen molar-refractivity contribution in [3.05, 3.63) is 59.9 Å². The summed E-state index contributed by atoms with van der Waals surface area (Å²) < 4.78 is 2.09. The van der Waals surface area contributed by atoms with E-state index >= 15 is 0 Å². The molecule has 2 aromatic carbocycles. The Morgan fingerprint density at radius 3 is 2.60 bits per heavy atom. The summed E-state index contributed by atoms with van der Waals surface area (Å²) in [7, 11) is 0. The summed E-state index contributed by atoms with van der Waals surface area (Å²) in [6, 6.07) is 14.6. The topological polar surface area (TPSA) is 102 Å². The third-order valence-corrected chi connectivity index (χ3v) is 4.17. The van der Waals surface area contributed by atoms with Crippen molar-refractivity contribution in [2.75, 3.05) is 0 Å². The molecule has 0 fully saturated rings. The Balaban J connectivity index is 1.94. The number of rotatable bonds is 3. The van der Waals surface area contributed by atoms with Crippen LogP contribution < -0.4 is 5.84 Å². The summed E-state index contributed by atoms with van der Waals surface area (Å²) in [6.07, 6.45) is 0. The molecule has 2 heterocycles. The molecule has 0 aliphatic rings. The number of hydrazone groups is 1. The van der Waals surface area contributed by atoms with Crippen LogP contribution in [0.5, 0.6) is 5.75 Å². The molecule has 7 nitrogen and oxygen atoms in total. The molecule has 0 aliphatic heterocycles. The van der Waals surface area contributed by atoms with Crippen molar-refractivity contribution in [2.45, 2.75) is 13.5 Å². The Hall–Kier alpha value is -3.48. The van der Waals surface area contributed by atoms with Crippen LogP contribution >= 0.6 is 0 Å². The fourth-order valence-corrected chi connectivity index (χ4v) is 3.00. The lowest BCUT2D eigenvalue weighted by Gasteiger charge is -2.05. The first-order valence-corrected chi connectivity index (χ1v) is 7.92. The molecule has 4 rings (SSSR count). The number of nitrogens with two attached hydrogens (primary N) is 1. The van der Waals surface area contributed by atoms with E-state index in [0.29, 0.717) is 17.1 Å². The molecule has 2 aromatic heterocycles. The van der Waals surface area contributed by atoms with Crippen molar-refractivity contribution in [3.63, 3.8) is 0 Å². The Kier molecular flexibility index (Phi) is 3.53. The predicted molar refractivity (Wildman–Crippen MR) is 96.4 cm³/mol. The highest BCUT2D eigenvalue weighted by molar-refractivity contribution is 6.11. The van der Waals surface area contributed by atoms with Gasteiger partial charge < -0.3 is 15.5 Å². The first-order valence-electron chi connectivity index (χ1n) is 7.92. The quantitative estimate of drug-likeness (QED) is 0.341. The van der Waals surface area contributed by atoms with Crippen LogP contribution in [-0.4, -0.2) is 30.6 Å². The van der Waals surface area contributed by atoms with E-state index in [4.69, 9.17) is 5.84 Å². The number of hydrogen-bond donors (Lipinski definition) is 2. The van der Waals surface area contributed by atoms with Gasteiger partial charge in [0.25, 0.3) is 0 Å². The fraction of sp³-hybridized carbons (Fsp3) is 0.111. The van der Waals surface area contributed by atoms with Crippen LogP contribution in [0.4, 0.5) is 0 Å². The maximum atomic E-state index is 9.45. The molecule has 0 saturated carbocycles. The molecule has 0 saturated heterocycles. The Labute approximate surface area is 143 Å². The Bertz CT molecular complexity index is 1100. The van der Waals surface area contributed by atoms with Crippen molar-refractivity contribution in [3.8, 4) is 5.75 Å². The van der Waals surface area contributed by atoms with Gasteiger partial charge in [-0.25, -0.2) is 4.98 Å². The molecule has 0 unspecified atom stereocenters. The van der Waals surface area contributed by atoms with Crippen LogP contribution in [0.25, 0.3) is 22.1 Å². The van der Waals surface area contributed by atoms with Gasteiger partial charge in [0.1, 0.15) is 17.0 Å². The molecule has 3 N–H and O–H groups in total. The summed E-state index contributed by atoms with van der Waals surface area (Å²) >= 11 is 0. The van der Waals surface area contributed by atoms with E-state index in [9.17, 15) is 5.11 Å². The van der Waals surface area contributed by atoms with Gasteiger partial charge in [-0.1, -0.05) is 18.2 Å². The molecule has 0 bridgehead atoms. The van der Waals surface area contributed by atoms with Crippen molar-refractivity contribution >= 4 is 27.8 Å². The summed E-state index contributed by atoms with van der Waals surface area (Å²) in [4.78, 5) is 4.67. The number of fused-ring (bicyclic) bond motifs is 3. The van der Waals surface area contributed by atoms with Crippen LogP contribution in [0.15, 0.2) is 53.6 Å². The second-order valence-electron chi connectivity index (χ2n) is 5.59. The van der Waals surface area contributed by atoms with Crippen LogP contribution in [0, 0.1) is 0 Å². The number of phenols is 1. The highest BCUT2D eigenvalue weighted by Crippen LogP contribution is 2.26. The molecule has 124 valence electrons. The predicted octanol–water partition coefficient (Wildman–Crippen LogP) is 2.42. The zero-order valence-electron chi connectivity index (χ0n) is 13.6. The normalized spacial score (nSPS) is 12.1. The van der Waals surface area contributed by atoms with Crippen LogP contribution in [-0.2, 0) is 6.54 Å². The summed E-state index contributed by atoms with van der Waals surface area (Å²) in [5.74, 6) is 6.09. The van der Waals surface area contributed by atoms with Gasteiger partial charge >= 0.3 is 0 Å². The molecule has 7 heteroatoms. The number of hydrogen-bond acceptors (Lipinski definition) is 6. The zero-order valence-corrected chi connectivity index (χ0v) is 13.6. The first-order chi connectivity index (χ1) is 12.2. The van der Waals surface area contributed by atoms with Crippen molar-refractivity contribution in [2.24, 2.45) is 10.9 Å². The van der Waals surface area contributed by atoms with E-state index in [0.717, 1.165) is 28.6 Å². The highest BCUT2D eigenvalue weighted by Gasteiger charge is 2.17.